The Morgan fingerprint density at radius 3 is 2.40 bits per heavy atom. The van der Waals surface area contributed by atoms with Crippen LogP contribution in [-0.4, -0.2) is 39.1 Å². The minimum Gasteiger partial charge on any atom is -0.507 e. The van der Waals surface area contributed by atoms with Crippen LogP contribution in [0.1, 0.15) is 37.6 Å². The molecule has 1 amide bonds. The molecule has 2 N–H and O–H groups in total. The molecule has 0 fully saturated rings. The lowest BCUT2D eigenvalue weighted by Gasteiger charge is -2.35. The lowest BCUT2D eigenvalue weighted by atomic mass is 10.0. The highest BCUT2D eigenvalue weighted by Crippen LogP contribution is 2.25. The van der Waals surface area contributed by atoms with Crippen molar-refractivity contribution in [3.05, 3.63) is 27.3 Å². The number of aliphatic carboxylic acids is 1. The van der Waals surface area contributed by atoms with E-state index in [0.29, 0.717) is 0 Å². The number of nitrogens with zero attached hydrogens (tertiary/aromatic N) is 1. The third kappa shape index (κ3) is 4.36. The Hall–Kier alpha value is -1.31. The number of aromatic hydroxyl groups is 1. The number of hydrogen-bond donors (Lipinski definition) is 2. The van der Waals surface area contributed by atoms with Crippen molar-refractivity contribution in [2.24, 2.45) is 0 Å². The highest BCUT2D eigenvalue weighted by molar-refractivity contribution is 14.1. The molecule has 0 saturated carbocycles. The Morgan fingerprint density at radius 1 is 1.30 bits per heavy atom. The lowest BCUT2D eigenvalue weighted by Crippen LogP contribution is -2.46. The van der Waals surface area contributed by atoms with E-state index in [4.69, 9.17) is 5.11 Å². The van der Waals surface area contributed by atoms with Gasteiger partial charge in [0.05, 0.1) is 12.0 Å². The van der Waals surface area contributed by atoms with Gasteiger partial charge >= 0.3 is 5.97 Å². The van der Waals surface area contributed by atoms with Crippen molar-refractivity contribution in [2.45, 2.75) is 32.7 Å². The summed E-state index contributed by atoms with van der Waals surface area (Å²) >= 11 is 2.06. The number of phenolic OH excluding ortho intramolecular Hbond substituents is 1. The van der Waals surface area contributed by atoms with Crippen LogP contribution in [0.15, 0.2) is 18.2 Å². The predicted octanol–water partition coefficient (Wildman–Crippen LogP) is 2.71. The molecule has 1 rings (SSSR count). The first-order valence-corrected chi connectivity index (χ1v) is 7.23. The summed E-state index contributed by atoms with van der Waals surface area (Å²) in [6, 6.07) is 4.76. The highest BCUT2D eigenvalue weighted by atomic mass is 127. The maximum absolute atomic E-state index is 12.5. The topological polar surface area (TPSA) is 77.8 Å². The van der Waals surface area contributed by atoms with Crippen LogP contribution in [0.5, 0.6) is 5.75 Å². The molecule has 0 spiro atoms. The van der Waals surface area contributed by atoms with Gasteiger partial charge in [0.25, 0.3) is 5.91 Å². The van der Waals surface area contributed by atoms with Gasteiger partial charge in [-0.1, -0.05) is 0 Å². The quantitative estimate of drug-likeness (QED) is 0.774. The SMILES string of the molecule is CC(C)(C)N(CCC(=O)O)C(=O)c1cc(I)ccc1O. The third-order valence-electron chi connectivity index (χ3n) is 2.79. The Kier molecular flexibility index (Phi) is 5.38. The smallest absolute Gasteiger partial charge is 0.305 e. The van der Waals surface area contributed by atoms with Crippen molar-refractivity contribution >= 4 is 34.5 Å². The van der Waals surface area contributed by atoms with Crippen molar-refractivity contribution in [3.8, 4) is 5.75 Å². The maximum Gasteiger partial charge on any atom is 0.305 e. The van der Waals surface area contributed by atoms with E-state index in [1.807, 2.05) is 20.8 Å². The molecular formula is C14H18INO4. The van der Waals surface area contributed by atoms with Gasteiger partial charge in [-0.05, 0) is 61.6 Å². The first kappa shape index (κ1) is 16.7. The molecule has 0 bridgehead atoms. The van der Waals surface area contributed by atoms with Crippen LogP contribution in [0.25, 0.3) is 0 Å². The summed E-state index contributed by atoms with van der Waals surface area (Å²) in [6.07, 6.45) is -0.131. The van der Waals surface area contributed by atoms with Crippen LogP contribution in [0, 0.1) is 3.57 Å². The van der Waals surface area contributed by atoms with Crippen molar-refractivity contribution in [3.63, 3.8) is 0 Å². The van der Waals surface area contributed by atoms with E-state index in [0.717, 1.165) is 3.57 Å². The predicted molar refractivity (Wildman–Crippen MR) is 83.9 cm³/mol. The van der Waals surface area contributed by atoms with Crippen molar-refractivity contribution < 1.29 is 19.8 Å². The van der Waals surface area contributed by atoms with Gasteiger partial charge in [-0.2, -0.15) is 0 Å². The molecule has 0 unspecified atom stereocenters. The highest BCUT2D eigenvalue weighted by Gasteiger charge is 2.29. The van der Waals surface area contributed by atoms with E-state index in [1.165, 1.54) is 11.0 Å². The first-order valence-electron chi connectivity index (χ1n) is 6.15. The molecule has 0 saturated heterocycles. The van der Waals surface area contributed by atoms with E-state index in [9.17, 15) is 14.7 Å². The van der Waals surface area contributed by atoms with Crippen LogP contribution in [0.2, 0.25) is 0 Å². The molecule has 0 heterocycles. The van der Waals surface area contributed by atoms with Crippen LogP contribution in [-0.2, 0) is 4.79 Å². The fourth-order valence-electron chi connectivity index (χ4n) is 1.77. The zero-order chi connectivity index (χ0) is 15.5. The molecule has 5 nitrogen and oxygen atoms in total. The molecule has 0 aliphatic heterocycles. The van der Waals surface area contributed by atoms with Gasteiger partial charge in [0.2, 0.25) is 0 Å². The summed E-state index contributed by atoms with van der Waals surface area (Å²) in [5, 5.41) is 18.6. The average molecular weight is 391 g/mol. The van der Waals surface area contributed by atoms with Gasteiger partial charge in [-0.25, -0.2) is 0 Å². The summed E-state index contributed by atoms with van der Waals surface area (Å²) in [7, 11) is 0. The van der Waals surface area contributed by atoms with Crippen molar-refractivity contribution in [1.82, 2.24) is 4.90 Å². The molecule has 0 atom stereocenters. The standard InChI is InChI=1S/C14H18INO4/c1-14(2,3)16(7-6-12(18)19)13(20)10-8-9(15)4-5-11(10)17/h4-5,8,17H,6-7H2,1-3H3,(H,18,19). The molecule has 0 radical (unpaired) electrons. The van der Waals surface area contributed by atoms with Gasteiger partial charge in [-0.15, -0.1) is 0 Å². The number of phenols is 1. The molecule has 1 aromatic carbocycles. The Labute approximate surface area is 131 Å². The first-order chi connectivity index (χ1) is 9.12. The van der Waals surface area contributed by atoms with E-state index in [-0.39, 0.29) is 30.2 Å². The second kappa shape index (κ2) is 6.43. The van der Waals surface area contributed by atoms with Crippen molar-refractivity contribution in [2.75, 3.05) is 6.54 Å². The number of rotatable bonds is 4. The van der Waals surface area contributed by atoms with E-state index in [1.54, 1.807) is 12.1 Å². The van der Waals surface area contributed by atoms with E-state index in [2.05, 4.69) is 22.6 Å². The Bertz CT molecular complexity index is 522. The van der Waals surface area contributed by atoms with E-state index >= 15 is 0 Å². The monoisotopic (exact) mass is 391 g/mol. The normalized spacial score (nSPS) is 11.2. The number of halogens is 1. The van der Waals surface area contributed by atoms with Gasteiger partial charge in [0.1, 0.15) is 5.75 Å². The molecule has 0 aromatic heterocycles. The van der Waals surface area contributed by atoms with Crippen LogP contribution >= 0.6 is 22.6 Å². The lowest BCUT2D eigenvalue weighted by molar-refractivity contribution is -0.137. The number of carbonyl (C=O) groups is 2. The van der Waals surface area contributed by atoms with Gasteiger partial charge in [0, 0.05) is 15.7 Å². The summed E-state index contributed by atoms with van der Waals surface area (Å²) in [5.41, 5.74) is -0.336. The minimum atomic E-state index is -0.959. The maximum atomic E-state index is 12.5. The molecular weight excluding hydrogens is 373 g/mol. The Morgan fingerprint density at radius 2 is 1.90 bits per heavy atom. The van der Waals surface area contributed by atoms with Gasteiger partial charge < -0.3 is 15.1 Å². The molecule has 0 aliphatic carbocycles. The largest absolute Gasteiger partial charge is 0.507 e. The minimum absolute atomic E-state index is 0.0972. The molecule has 6 heteroatoms. The number of amides is 1. The number of hydrogen-bond acceptors (Lipinski definition) is 3. The van der Waals surface area contributed by atoms with Crippen LogP contribution in [0.3, 0.4) is 0 Å². The number of carboxylic acids is 1. The fourth-order valence-corrected chi connectivity index (χ4v) is 2.27. The molecule has 0 aliphatic rings. The van der Waals surface area contributed by atoms with E-state index < -0.39 is 11.5 Å². The number of benzene rings is 1. The molecule has 110 valence electrons. The fraction of sp³-hybridized carbons (Fsp3) is 0.429. The summed E-state index contributed by atoms with van der Waals surface area (Å²) < 4.78 is 0.829. The van der Waals surface area contributed by atoms with Crippen molar-refractivity contribution in [1.29, 1.82) is 0 Å². The van der Waals surface area contributed by atoms with Crippen LogP contribution in [0.4, 0.5) is 0 Å². The average Bonchev–Trinajstić information content (AvgIpc) is 2.30. The van der Waals surface area contributed by atoms with Gasteiger partial charge in [-0.3, -0.25) is 9.59 Å². The zero-order valence-corrected chi connectivity index (χ0v) is 13.8. The van der Waals surface area contributed by atoms with Crippen LogP contribution < -0.4 is 0 Å². The summed E-state index contributed by atoms with van der Waals surface area (Å²) in [5.74, 6) is -1.42. The number of carboxylic acid groups (broad SMARTS) is 1. The second-order valence-electron chi connectivity index (χ2n) is 5.43. The summed E-state index contributed by atoms with van der Waals surface area (Å²) in [4.78, 5) is 24.7. The molecule has 1 aromatic rings. The van der Waals surface area contributed by atoms with Gasteiger partial charge in [0.15, 0.2) is 0 Å². The third-order valence-corrected chi connectivity index (χ3v) is 3.46. The number of carbonyl (C=O) groups excluding carboxylic acids is 1. The Balaban J connectivity index is 3.10. The zero-order valence-electron chi connectivity index (χ0n) is 11.7. The summed E-state index contributed by atoms with van der Waals surface area (Å²) in [6.45, 7) is 5.59. The second-order valence-corrected chi connectivity index (χ2v) is 6.68. The molecule has 20 heavy (non-hydrogen) atoms.